The van der Waals surface area contributed by atoms with Crippen LogP contribution in [0.3, 0.4) is 0 Å². The molecular weight excluding hydrogens is 481 g/mol. The summed E-state index contributed by atoms with van der Waals surface area (Å²) in [6, 6.07) is 0. The SMILES string of the molecule is [CH2]C(F)(F)C(F)(F)C(F)(F)C(F)(F)C(F)(F)C(F)(F)C(F)(C(F)(F)F)C(F)(F)F. The average molecular weight is 483 g/mol. The van der Waals surface area contributed by atoms with Gasteiger partial charge in [0, 0.05) is 6.92 Å². The molecular formula is C10H2F19. The molecule has 0 bridgehead atoms. The minimum absolute atomic E-state index is 0.830. The first-order valence-corrected chi connectivity index (χ1v) is 5.94. The lowest BCUT2D eigenvalue weighted by atomic mass is 9.84. The maximum absolute atomic E-state index is 13.1. The van der Waals surface area contributed by atoms with Crippen molar-refractivity contribution in [3.8, 4) is 0 Å². The second-order valence-corrected chi connectivity index (χ2v) is 5.23. The van der Waals surface area contributed by atoms with Gasteiger partial charge in [0.05, 0.1) is 0 Å². The Morgan fingerprint density at radius 2 is 0.517 bits per heavy atom. The van der Waals surface area contributed by atoms with Crippen molar-refractivity contribution >= 4 is 0 Å². The molecule has 0 unspecified atom stereocenters. The van der Waals surface area contributed by atoms with Crippen LogP contribution in [-0.2, 0) is 0 Å². The van der Waals surface area contributed by atoms with Crippen LogP contribution in [0.25, 0.3) is 0 Å². The Bertz CT molecular complexity index is 584. The van der Waals surface area contributed by atoms with Gasteiger partial charge in [-0.15, -0.1) is 0 Å². The van der Waals surface area contributed by atoms with Gasteiger partial charge in [0.2, 0.25) is 0 Å². The van der Waals surface area contributed by atoms with Crippen LogP contribution in [0.15, 0.2) is 0 Å². The summed E-state index contributed by atoms with van der Waals surface area (Å²) in [5.74, 6) is -49.8. The van der Waals surface area contributed by atoms with Gasteiger partial charge in [-0.25, -0.2) is 4.39 Å². The van der Waals surface area contributed by atoms with E-state index >= 15 is 0 Å². The van der Waals surface area contributed by atoms with Crippen LogP contribution >= 0.6 is 0 Å². The minimum atomic E-state index is -8.98. The molecule has 0 nitrogen and oxygen atoms in total. The highest BCUT2D eigenvalue weighted by Crippen LogP contribution is 2.66. The molecule has 0 saturated heterocycles. The quantitative estimate of drug-likeness (QED) is 0.381. The van der Waals surface area contributed by atoms with Crippen LogP contribution < -0.4 is 0 Å². The first-order chi connectivity index (χ1) is 12.0. The largest absolute Gasteiger partial charge is 0.438 e. The Labute approximate surface area is 145 Å². The average Bonchev–Trinajstić information content (AvgIpc) is 2.41. The van der Waals surface area contributed by atoms with Crippen LogP contribution in [0, 0.1) is 6.92 Å². The van der Waals surface area contributed by atoms with Crippen LogP contribution in [-0.4, -0.2) is 53.6 Å². The van der Waals surface area contributed by atoms with Crippen molar-refractivity contribution in [2.75, 3.05) is 0 Å². The monoisotopic (exact) mass is 483 g/mol. The molecule has 0 rings (SSSR count). The maximum atomic E-state index is 13.1. The molecule has 0 saturated carbocycles. The van der Waals surface area contributed by atoms with E-state index < -0.39 is 53.6 Å². The van der Waals surface area contributed by atoms with Crippen molar-refractivity contribution < 1.29 is 83.4 Å². The number of hydrogen-bond donors (Lipinski definition) is 0. The Hall–Kier alpha value is -1.33. The van der Waals surface area contributed by atoms with E-state index in [1.165, 1.54) is 0 Å². The molecule has 0 N–H and O–H groups in total. The Kier molecular flexibility index (Phi) is 6.04. The summed E-state index contributed by atoms with van der Waals surface area (Å²) < 4.78 is 240. The molecule has 0 atom stereocenters. The predicted octanol–water partition coefficient (Wildman–Crippen LogP) is 6.47. The number of halogens is 19. The van der Waals surface area contributed by atoms with E-state index in [0.717, 1.165) is 6.92 Å². The smallest absolute Gasteiger partial charge is 0.216 e. The second-order valence-electron chi connectivity index (χ2n) is 5.23. The van der Waals surface area contributed by atoms with Crippen molar-refractivity contribution in [3.63, 3.8) is 0 Å². The third-order valence-corrected chi connectivity index (χ3v) is 3.25. The normalized spacial score (nSPS) is 17.0. The zero-order valence-corrected chi connectivity index (χ0v) is 12.4. The molecule has 0 fully saturated rings. The van der Waals surface area contributed by atoms with E-state index in [2.05, 4.69) is 0 Å². The molecule has 0 aliphatic heterocycles. The van der Waals surface area contributed by atoms with E-state index in [-0.39, 0.29) is 0 Å². The van der Waals surface area contributed by atoms with E-state index in [1.54, 1.807) is 0 Å². The molecule has 0 aliphatic carbocycles. The molecule has 175 valence electrons. The highest BCUT2D eigenvalue weighted by atomic mass is 19.4. The molecule has 0 aromatic heterocycles. The van der Waals surface area contributed by atoms with E-state index in [1.807, 2.05) is 0 Å². The van der Waals surface area contributed by atoms with Gasteiger partial charge in [0.15, 0.2) is 0 Å². The zero-order valence-electron chi connectivity index (χ0n) is 12.4. The van der Waals surface area contributed by atoms with Gasteiger partial charge in [-0.05, 0) is 0 Å². The molecule has 0 aromatic carbocycles. The van der Waals surface area contributed by atoms with Crippen LogP contribution in [0.4, 0.5) is 83.4 Å². The second kappa shape index (κ2) is 6.34. The first kappa shape index (κ1) is 27.7. The van der Waals surface area contributed by atoms with Crippen molar-refractivity contribution in [1.82, 2.24) is 0 Å². The van der Waals surface area contributed by atoms with Gasteiger partial charge in [0.25, 0.3) is 0 Å². The molecule has 19 heteroatoms. The van der Waals surface area contributed by atoms with Gasteiger partial charge in [-0.1, -0.05) is 0 Å². The molecule has 1 radical (unpaired) electrons. The lowest BCUT2D eigenvalue weighted by Crippen LogP contribution is -2.77. The predicted molar refractivity (Wildman–Crippen MR) is 51.0 cm³/mol. The number of alkyl halides is 19. The van der Waals surface area contributed by atoms with Gasteiger partial charge in [0.1, 0.15) is 0 Å². The Morgan fingerprint density at radius 3 is 0.724 bits per heavy atom. The number of hydrogen-bond acceptors (Lipinski definition) is 0. The van der Waals surface area contributed by atoms with Gasteiger partial charge in [-0.3, -0.25) is 0 Å². The Morgan fingerprint density at radius 1 is 0.310 bits per heavy atom. The molecule has 0 aliphatic rings. The molecule has 0 aromatic rings. The van der Waals surface area contributed by atoms with Crippen LogP contribution in [0.1, 0.15) is 0 Å². The summed E-state index contributed by atoms with van der Waals surface area (Å²) in [6.45, 7) is 0.830. The van der Waals surface area contributed by atoms with E-state index in [9.17, 15) is 83.4 Å². The van der Waals surface area contributed by atoms with Gasteiger partial charge >= 0.3 is 53.6 Å². The van der Waals surface area contributed by atoms with Crippen molar-refractivity contribution in [2.45, 2.75) is 53.6 Å². The van der Waals surface area contributed by atoms with Crippen molar-refractivity contribution in [3.05, 3.63) is 6.92 Å². The molecule has 0 heterocycles. The van der Waals surface area contributed by atoms with E-state index in [4.69, 9.17) is 0 Å². The van der Waals surface area contributed by atoms with Crippen LogP contribution in [0.2, 0.25) is 0 Å². The lowest BCUT2D eigenvalue weighted by molar-refractivity contribution is -0.471. The van der Waals surface area contributed by atoms with Crippen molar-refractivity contribution in [2.24, 2.45) is 0 Å². The summed E-state index contributed by atoms with van der Waals surface area (Å²) in [4.78, 5) is 0. The fraction of sp³-hybridized carbons (Fsp3) is 0.900. The molecule has 29 heavy (non-hydrogen) atoms. The highest BCUT2D eigenvalue weighted by molar-refractivity contribution is 5.19. The topological polar surface area (TPSA) is 0 Å². The summed E-state index contributed by atoms with van der Waals surface area (Å²) in [6.07, 6.45) is -16.5. The third kappa shape index (κ3) is 3.25. The summed E-state index contributed by atoms with van der Waals surface area (Å²) in [7, 11) is 0. The summed E-state index contributed by atoms with van der Waals surface area (Å²) >= 11 is 0. The standard InChI is InChI=1S/C10H2F19/c1-2(11,12)4(14,15)6(18,19)8(22,23)7(20,21)5(16,17)3(13,9(24,25)26)10(27,28)29/h1H2. The minimum Gasteiger partial charge on any atom is -0.216 e. The zero-order chi connectivity index (χ0) is 24.5. The molecule has 0 amide bonds. The van der Waals surface area contributed by atoms with Crippen LogP contribution in [0.5, 0.6) is 0 Å². The lowest BCUT2D eigenvalue weighted by Gasteiger charge is -2.44. The number of rotatable bonds is 6. The summed E-state index contributed by atoms with van der Waals surface area (Å²) in [5.41, 5.74) is -8.71. The highest BCUT2D eigenvalue weighted by Gasteiger charge is 2.98. The first-order valence-electron chi connectivity index (χ1n) is 5.94. The molecule has 0 spiro atoms. The van der Waals surface area contributed by atoms with Crippen molar-refractivity contribution in [1.29, 1.82) is 0 Å². The van der Waals surface area contributed by atoms with E-state index in [0.29, 0.717) is 0 Å². The summed E-state index contributed by atoms with van der Waals surface area (Å²) in [5, 5.41) is 0. The van der Waals surface area contributed by atoms with Gasteiger partial charge < -0.3 is 0 Å². The third-order valence-electron chi connectivity index (χ3n) is 3.25. The maximum Gasteiger partial charge on any atom is 0.438 e. The fourth-order valence-electron chi connectivity index (χ4n) is 1.55. The Balaban J connectivity index is 7.04. The fourth-order valence-corrected chi connectivity index (χ4v) is 1.55. The van der Waals surface area contributed by atoms with Gasteiger partial charge in [-0.2, -0.15) is 79.0 Å².